The van der Waals surface area contributed by atoms with Crippen LogP contribution in [0.15, 0.2) is 158 Å². The third-order valence-electron chi connectivity index (χ3n) is 12.1. The van der Waals surface area contributed by atoms with Gasteiger partial charge in [-0.3, -0.25) is 0 Å². The smallest absolute Gasteiger partial charge is 0.0465 e. The maximum Gasteiger partial charge on any atom is 0.0465 e. The number of anilines is 6. The van der Waals surface area contributed by atoms with E-state index in [-0.39, 0.29) is 10.8 Å². The van der Waals surface area contributed by atoms with Crippen LogP contribution < -0.4 is 9.80 Å². The lowest BCUT2D eigenvalue weighted by atomic mass is 9.73. The first-order chi connectivity index (χ1) is 27.1. The minimum atomic E-state index is -0.410. The highest BCUT2D eigenvalue weighted by Crippen LogP contribution is 2.55. The van der Waals surface area contributed by atoms with Crippen LogP contribution in [-0.4, -0.2) is 0 Å². The molecule has 0 bridgehead atoms. The third kappa shape index (κ3) is 7.08. The van der Waals surface area contributed by atoms with Gasteiger partial charge in [0.2, 0.25) is 0 Å². The number of aryl methyl sites for hydroxylation is 3. The van der Waals surface area contributed by atoms with E-state index in [9.17, 15) is 0 Å². The van der Waals surface area contributed by atoms with Crippen molar-refractivity contribution in [3.63, 3.8) is 0 Å². The molecule has 2 nitrogen and oxygen atoms in total. The highest BCUT2D eigenvalue weighted by Gasteiger charge is 2.42. The molecule has 0 radical (unpaired) electrons. The number of benzene rings is 7. The number of hydrogen-bond acceptors (Lipinski definition) is 2. The number of hydrogen-bond donors (Lipinski definition) is 0. The highest BCUT2D eigenvalue weighted by atomic mass is 15.1. The van der Waals surface area contributed by atoms with Gasteiger partial charge in [-0.15, -0.1) is 0 Å². The Bertz CT molecular complexity index is 2390. The van der Waals surface area contributed by atoms with Gasteiger partial charge in [-0.05, 0) is 150 Å². The molecule has 7 aromatic rings. The van der Waals surface area contributed by atoms with Crippen molar-refractivity contribution in [1.29, 1.82) is 0 Å². The monoisotopic (exact) mass is 744 g/mol. The SMILES string of the molecule is Cc1ccc(N(c2ccc(C(C)(C)C)cc2)c2ccc3c(c2)C(C)(c2cccc(C)c2)c2cc(N(c4ccc(C)cc4)c4ccc(C(C)(C)C)cc4)ccc2-3)cc1. The first-order valence-electron chi connectivity index (χ1n) is 20.4. The molecule has 0 aliphatic heterocycles. The second kappa shape index (κ2) is 14.3. The molecule has 1 aliphatic carbocycles. The van der Waals surface area contributed by atoms with Gasteiger partial charge in [-0.25, -0.2) is 0 Å². The largest absolute Gasteiger partial charge is 0.310 e. The van der Waals surface area contributed by atoms with E-state index < -0.39 is 5.41 Å². The second-order valence-electron chi connectivity index (χ2n) is 18.4. The van der Waals surface area contributed by atoms with Gasteiger partial charge in [0.05, 0.1) is 0 Å². The standard InChI is InChI=1S/C55H56N2/c1-37-14-22-43(23-15-37)56(45-26-18-40(19-27-45)53(4,5)6)47-30-32-49-50-33-31-48(36-52(50)55(10,51(49)35-47)42-13-11-12-39(3)34-42)57(44-24-16-38(2)17-25-44)46-28-20-41(21-29-46)54(7,8)9/h11-36H,1-10H3. The number of rotatable bonds is 7. The second-order valence-corrected chi connectivity index (χ2v) is 18.4. The summed E-state index contributed by atoms with van der Waals surface area (Å²) < 4.78 is 0. The number of fused-ring (bicyclic) bond motifs is 3. The molecular formula is C55H56N2. The zero-order valence-electron chi connectivity index (χ0n) is 35.4. The molecule has 2 heteroatoms. The molecule has 0 N–H and O–H groups in total. The summed E-state index contributed by atoms with van der Waals surface area (Å²) in [7, 11) is 0. The fourth-order valence-electron chi connectivity index (χ4n) is 8.55. The minimum Gasteiger partial charge on any atom is -0.310 e. The Hall–Kier alpha value is -5.86. The van der Waals surface area contributed by atoms with Crippen molar-refractivity contribution in [2.24, 2.45) is 0 Å². The number of nitrogens with zero attached hydrogens (tertiary/aromatic N) is 2. The Labute approximate surface area is 341 Å². The van der Waals surface area contributed by atoms with E-state index in [0.29, 0.717) is 0 Å². The van der Waals surface area contributed by atoms with Gasteiger partial charge in [-0.1, -0.05) is 143 Å². The van der Waals surface area contributed by atoms with Crippen LogP contribution in [0.2, 0.25) is 0 Å². The summed E-state index contributed by atoms with van der Waals surface area (Å²) in [6, 6.07) is 59.5. The topological polar surface area (TPSA) is 6.48 Å². The van der Waals surface area contributed by atoms with Crippen molar-refractivity contribution in [1.82, 2.24) is 0 Å². The normalized spacial score (nSPS) is 13.2. The molecule has 0 saturated carbocycles. The van der Waals surface area contributed by atoms with E-state index in [0.717, 1.165) is 34.1 Å². The van der Waals surface area contributed by atoms with Gasteiger partial charge in [0.1, 0.15) is 0 Å². The molecule has 0 amide bonds. The summed E-state index contributed by atoms with van der Waals surface area (Å²) in [4.78, 5) is 4.83. The zero-order chi connectivity index (χ0) is 40.3. The predicted octanol–water partition coefficient (Wildman–Crippen LogP) is 15.5. The molecule has 286 valence electrons. The lowest BCUT2D eigenvalue weighted by Gasteiger charge is -2.32. The molecule has 0 unspecified atom stereocenters. The first-order valence-corrected chi connectivity index (χ1v) is 20.4. The van der Waals surface area contributed by atoms with Crippen molar-refractivity contribution in [3.05, 3.63) is 202 Å². The Morgan fingerprint density at radius 3 is 1.07 bits per heavy atom. The van der Waals surface area contributed by atoms with Crippen LogP contribution >= 0.6 is 0 Å². The van der Waals surface area contributed by atoms with Crippen molar-refractivity contribution >= 4 is 34.1 Å². The Kier molecular flexibility index (Phi) is 9.52. The van der Waals surface area contributed by atoms with Gasteiger partial charge in [-0.2, -0.15) is 0 Å². The lowest BCUT2D eigenvalue weighted by Crippen LogP contribution is -2.23. The molecule has 0 atom stereocenters. The summed E-state index contributed by atoms with van der Waals surface area (Å²) in [5, 5.41) is 0. The minimum absolute atomic E-state index is 0.0754. The molecule has 0 saturated heterocycles. The molecule has 0 fully saturated rings. The fourth-order valence-corrected chi connectivity index (χ4v) is 8.55. The first kappa shape index (κ1) is 38.0. The van der Waals surface area contributed by atoms with Crippen LogP contribution in [0.5, 0.6) is 0 Å². The van der Waals surface area contributed by atoms with Crippen LogP contribution in [0.25, 0.3) is 11.1 Å². The molecule has 0 spiro atoms. The molecule has 7 aromatic carbocycles. The van der Waals surface area contributed by atoms with Crippen LogP contribution in [0.1, 0.15) is 93.0 Å². The van der Waals surface area contributed by atoms with E-state index in [1.54, 1.807) is 0 Å². The predicted molar refractivity (Wildman–Crippen MR) is 245 cm³/mol. The fraction of sp³-hybridized carbons (Fsp3) is 0.236. The maximum atomic E-state index is 2.46. The van der Waals surface area contributed by atoms with E-state index in [1.165, 1.54) is 55.6 Å². The van der Waals surface area contributed by atoms with Gasteiger partial charge < -0.3 is 9.80 Å². The van der Waals surface area contributed by atoms with E-state index in [1.807, 2.05) is 0 Å². The van der Waals surface area contributed by atoms with Gasteiger partial charge in [0.25, 0.3) is 0 Å². The quantitative estimate of drug-likeness (QED) is 0.160. The van der Waals surface area contributed by atoms with Crippen LogP contribution in [-0.2, 0) is 16.2 Å². The zero-order valence-corrected chi connectivity index (χ0v) is 35.4. The van der Waals surface area contributed by atoms with Crippen molar-refractivity contribution < 1.29 is 0 Å². The summed E-state index contributed by atoms with van der Waals surface area (Å²) in [5.41, 5.74) is 19.5. The molecule has 0 aromatic heterocycles. The van der Waals surface area contributed by atoms with Crippen LogP contribution in [0.4, 0.5) is 34.1 Å². The summed E-state index contributed by atoms with van der Waals surface area (Å²) in [6.45, 7) is 22.6. The van der Waals surface area contributed by atoms with Gasteiger partial charge >= 0.3 is 0 Å². The molecule has 57 heavy (non-hydrogen) atoms. The van der Waals surface area contributed by atoms with E-state index in [2.05, 4.69) is 237 Å². The van der Waals surface area contributed by atoms with Gasteiger partial charge in [0.15, 0.2) is 0 Å². The van der Waals surface area contributed by atoms with Crippen LogP contribution in [0.3, 0.4) is 0 Å². The average Bonchev–Trinajstić information content (AvgIpc) is 3.44. The summed E-state index contributed by atoms with van der Waals surface area (Å²) in [5.74, 6) is 0. The average molecular weight is 745 g/mol. The molecule has 0 heterocycles. The highest BCUT2D eigenvalue weighted by molar-refractivity contribution is 5.90. The van der Waals surface area contributed by atoms with Crippen molar-refractivity contribution in [3.8, 4) is 11.1 Å². The Balaban J connectivity index is 1.31. The van der Waals surface area contributed by atoms with Crippen molar-refractivity contribution in [2.75, 3.05) is 9.80 Å². The molecule has 1 aliphatic rings. The molecular weight excluding hydrogens is 689 g/mol. The van der Waals surface area contributed by atoms with Crippen LogP contribution in [0, 0.1) is 20.8 Å². The van der Waals surface area contributed by atoms with Crippen molar-refractivity contribution in [2.45, 2.75) is 85.5 Å². The Morgan fingerprint density at radius 2 is 0.719 bits per heavy atom. The lowest BCUT2D eigenvalue weighted by molar-refractivity contribution is 0.590. The van der Waals surface area contributed by atoms with E-state index >= 15 is 0 Å². The summed E-state index contributed by atoms with van der Waals surface area (Å²) >= 11 is 0. The Morgan fingerprint density at radius 1 is 0.368 bits per heavy atom. The third-order valence-corrected chi connectivity index (χ3v) is 12.1. The van der Waals surface area contributed by atoms with Gasteiger partial charge in [0, 0.05) is 39.5 Å². The molecule has 8 rings (SSSR count). The summed E-state index contributed by atoms with van der Waals surface area (Å²) in [6.07, 6.45) is 0. The maximum absolute atomic E-state index is 2.46. The van der Waals surface area contributed by atoms with E-state index in [4.69, 9.17) is 0 Å².